The van der Waals surface area contributed by atoms with Crippen LogP contribution in [0.5, 0.6) is 0 Å². The maximum absolute atomic E-state index is 15.2. The van der Waals surface area contributed by atoms with Gasteiger partial charge in [-0.3, -0.25) is 28.8 Å². The van der Waals surface area contributed by atoms with E-state index < -0.39 is 85.8 Å². The van der Waals surface area contributed by atoms with E-state index in [9.17, 15) is 24.3 Å². The zero-order valence-electron chi connectivity index (χ0n) is 50.9. The summed E-state index contributed by atoms with van der Waals surface area (Å²) in [4.78, 5) is 107. The number of hydrogen-bond acceptors (Lipinski definition) is 22. The number of carbonyl (C=O) groups excluding carboxylic acids is 6. The number of thiocarbonyl (C=S) groups is 1. The fourth-order valence-corrected chi connectivity index (χ4v) is 14.5. The molecule has 1 aromatic rings. The van der Waals surface area contributed by atoms with Gasteiger partial charge in [0.05, 0.1) is 53.5 Å². The van der Waals surface area contributed by atoms with E-state index in [1.807, 2.05) is 43.9 Å². The van der Waals surface area contributed by atoms with Gasteiger partial charge in [0.2, 0.25) is 0 Å². The van der Waals surface area contributed by atoms with E-state index >= 15 is 14.4 Å². The summed E-state index contributed by atoms with van der Waals surface area (Å²) in [6.45, 7) is 20.6. The highest BCUT2D eigenvalue weighted by atomic mass is 33.1. The van der Waals surface area contributed by atoms with Crippen LogP contribution >= 0.6 is 57.3 Å². The number of nitrogens with zero attached hydrogens (tertiary/aromatic N) is 2. The molecule has 0 saturated carbocycles. The number of carboxylic acids is 1. The number of pyridine rings is 1. The average molecular weight is 1240 g/mol. The highest BCUT2D eigenvalue weighted by Crippen LogP contribution is 2.55. The molecule has 0 aliphatic rings. The standard InChI is InChI=1S/C57H95N3O16S5/c1-16-20-28-71-48(67)56(12,41-57(24-17-2,43(61)62)80-50(77)78-19-4)40-55(11,45(64)72-30-27-60(13)14)39-54(10,47(66)73-33-31-69-15)38-53(9,46(65)74-34-32-70-29-26-59-49(68)76-51(5,6)7)37-52(8,18-3)44(63)75-35-36-79-81-42-23-21-22-25-58-42/h21-23,25H,16-20,24,26-41H2,1-15H3,(H,59,68)(H,61,62). The van der Waals surface area contributed by atoms with Gasteiger partial charge >= 0.3 is 41.9 Å². The van der Waals surface area contributed by atoms with Crippen molar-refractivity contribution in [2.24, 2.45) is 27.1 Å². The topological polar surface area (TPSA) is 242 Å². The fourth-order valence-electron chi connectivity index (χ4n) is 9.58. The van der Waals surface area contributed by atoms with E-state index in [-0.39, 0.29) is 97.9 Å². The van der Waals surface area contributed by atoms with Crippen molar-refractivity contribution < 1.29 is 76.6 Å². The van der Waals surface area contributed by atoms with E-state index in [0.29, 0.717) is 40.8 Å². The van der Waals surface area contributed by atoms with Crippen LogP contribution in [-0.2, 0) is 66.7 Å². The second kappa shape index (κ2) is 37.1. The minimum absolute atomic E-state index is 0.00286. The third-order valence-electron chi connectivity index (χ3n) is 13.2. The van der Waals surface area contributed by atoms with Gasteiger partial charge < -0.3 is 53.2 Å². The number of alkyl carbamates (subject to hydrolysis) is 1. The van der Waals surface area contributed by atoms with Gasteiger partial charge in [0, 0.05) is 32.1 Å². The molecule has 464 valence electrons. The molecule has 0 fully saturated rings. The molecular formula is C57H95N3O16S5. The van der Waals surface area contributed by atoms with Gasteiger partial charge in [-0.25, -0.2) is 9.78 Å². The number of methoxy groups -OCH3 is 1. The van der Waals surface area contributed by atoms with Gasteiger partial charge in [0.25, 0.3) is 0 Å². The Kier molecular flexibility index (Phi) is 34.7. The minimum atomic E-state index is -1.83. The van der Waals surface area contributed by atoms with Crippen molar-refractivity contribution in [2.45, 2.75) is 163 Å². The zero-order valence-corrected chi connectivity index (χ0v) is 55.0. The van der Waals surface area contributed by atoms with E-state index in [2.05, 4.69) is 10.3 Å². The lowest BCUT2D eigenvalue weighted by Gasteiger charge is -2.45. The first-order chi connectivity index (χ1) is 37.9. The normalized spacial score (nSPS) is 16.1. The molecule has 6 atom stereocenters. The number of thioether (sulfide) groups is 2. The van der Waals surface area contributed by atoms with Crippen LogP contribution in [0.15, 0.2) is 29.4 Å². The van der Waals surface area contributed by atoms with Gasteiger partial charge in [0.15, 0.2) is 0 Å². The Bertz CT molecular complexity index is 2140. The molecule has 19 nitrogen and oxygen atoms in total. The zero-order chi connectivity index (χ0) is 61.6. The average Bonchev–Trinajstić information content (AvgIpc) is 3.37. The molecule has 1 heterocycles. The second-order valence-electron chi connectivity index (χ2n) is 22.8. The van der Waals surface area contributed by atoms with Crippen molar-refractivity contribution in [2.75, 3.05) is 98.7 Å². The number of esters is 5. The lowest BCUT2D eigenvalue weighted by Crippen LogP contribution is -2.51. The van der Waals surface area contributed by atoms with E-state index in [0.717, 1.165) is 16.8 Å². The van der Waals surface area contributed by atoms with E-state index in [4.69, 9.17) is 50.1 Å². The predicted octanol–water partition coefficient (Wildman–Crippen LogP) is 10.9. The third-order valence-corrected chi connectivity index (χ3v) is 18.2. The SMILES string of the molecule is CCCCOC(=O)C(C)(CC(C)(CC(C)(CC(C)(CC(C)(CC)C(=O)OCCSSc1ccccn1)C(=O)OCCOCCNC(=O)OC(C)(C)C)C(=O)OCCOC)C(=O)OCCN(C)C)CC(CCC)(SC(=S)SCC)C(=O)O. The molecule has 6 unspecified atom stereocenters. The largest absolute Gasteiger partial charge is 0.480 e. The van der Waals surface area contributed by atoms with Crippen LogP contribution in [0.1, 0.15) is 147 Å². The van der Waals surface area contributed by atoms with Gasteiger partial charge in [-0.15, -0.1) is 11.8 Å². The number of aromatic nitrogens is 1. The van der Waals surface area contributed by atoms with Gasteiger partial charge in [-0.1, -0.05) is 81.4 Å². The molecule has 81 heavy (non-hydrogen) atoms. The number of unbranched alkanes of at least 4 members (excludes halogenated alkanes) is 1. The van der Waals surface area contributed by atoms with Crippen molar-refractivity contribution >= 4 is 103 Å². The van der Waals surface area contributed by atoms with Crippen LogP contribution in [0.25, 0.3) is 0 Å². The van der Waals surface area contributed by atoms with Crippen molar-refractivity contribution in [3.8, 4) is 0 Å². The number of ether oxygens (including phenoxy) is 8. The van der Waals surface area contributed by atoms with E-state index in [1.54, 1.807) is 82.6 Å². The smallest absolute Gasteiger partial charge is 0.407 e. The molecule has 0 saturated heterocycles. The summed E-state index contributed by atoms with van der Waals surface area (Å²) in [5.41, 5.74) is -9.15. The summed E-state index contributed by atoms with van der Waals surface area (Å²) in [6.07, 6.45) is 1.30. The van der Waals surface area contributed by atoms with Crippen LogP contribution in [0.4, 0.5) is 4.79 Å². The summed E-state index contributed by atoms with van der Waals surface area (Å²) >= 11 is 8.02. The Morgan fingerprint density at radius 2 is 1.17 bits per heavy atom. The number of likely N-dealkylation sites (N-methyl/N-ethyl adjacent to an activating group) is 1. The third kappa shape index (κ3) is 27.5. The van der Waals surface area contributed by atoms with Gasteiger partial charge in [-0.2, -0.15) is 0 Å². The molecule has 1 aromatic heterocycles. The molecule has 0 radical (unpaired) electrons. The molecule has 0 bridgehead atoms. The summed E-state index contributed by atoms with van der Waals surface area (Å²) in [7, 11) is 7.94. The maximum atomic E-state index is 15.2. The highest BCUT2D eigenvalue weighted by molar-refractivity contribution is 8.76. The summed E-state index contributed by atoms with van der Waals surface area (Å²) in [5.74, 6) is -3.94. The quantitative estimate of drug-likeness (QED) is 0.0204. The number of amides is 1. The summed E-state index contributed by atoms with van der Waals surface area (Å²) < 4.78 is 44.8. The van der Waals surface area contributed by atoms with Crippen LogP contribution in [0, 0.1) is 27.1 Å². The lowest BCUT2D eigenvalue weighted by atomic mass is 9.58. The van der Waals surface area contributed by atoms with Crippen molar-refractivity contribution in [1.82, 2.24) is 15.2 Å². The van der Waals surface area contributed by atoms with E-state index in [1.165, 1.54) is 40.5 Å². The van der Waals surface area contributed by atoms with Gasteiger partial charge in [-0.05, 0) is 150 Å². The highest BCUT2D eigenvalue weighted by Gasteiger charge is 2.58. The monoisotopic (exact) mass is 1240 g/mol. The molecule has 1 amide bonds. The second-order valence-corrected chi connectivity index (χ2v) is 29.1. The Morgan fingerprint density at radius 1 is 0.654 bits per heavy atom. The fraction of sp³-hybridized carbons (Fsp3) is 0.772. The summed E-state index contributed by atoms with van der Waals surface area (Å²) in [6, 6.07) is 5.56. The maximum Gasteiger partial charge on any atom is 0.407 e. The Morgan fingerprint density at radius 3 is 1.65 bits per heavy atom. The number of carboxylic acid groups (broad SMARTS) is 1. The van der Waals surface area contributed by atoms with Gasteiger partial charge in [0.1, 0.15) is 45.3 Å². The Hall–Kier alpha value is -3.39. The minimum Gasteiger partial charge on any atom is -0.480 e. The molecular weight excluding hydrogens is 1140 g/mol. The first-order valence-electron chi connectivity index (χ1n) is 27.7. The molecule has 2 N–H and O–H groups in total. The predicted molar refractivity (Wildman–Crippen MR) is 325 cm³/mol. The molecule has 1 rings (SSSR count). The van der Waals surface area contributed by atoms with Crippen LogP contribution in [-0.4, -0.2) is 169 Å². The van der Waals surface area contributed by atoms with Crippen LogP contribution in [0.3, 0.4) is 0 Å². The molecule has 0 aliphatic carbocycles. The van der Waals surface area contributed by atoms with Crippen molar-refractivity contribution in [1.29, 1.82) is 0 Å². The van der Waals surface area contributed by atoms with Crippen LogP contribution < -0.4 is 5.32 Å². The van der Waals surface area contributed by atoms with Crippen molar-refractivity contribution in [3.63, 3.8) is 0 Å². The Labute approximate surface area is 504 Å². The number of aliphatic carboxylic acids is 1. The number of nitrogens with one attached hydrogen (secondary N) is 1. The number of rotatable bonds is 41. The molecule has 24 heteroatoms. The summed E-state index contributed by atoms with van der Waals surface area (Å²) in [5, 5.41) is 14.6. The molecule has 0 aliphatic heterocycles. The Balaban J connectivity index is 4.17. The van der Waals surface area contributed by atoms with Crippen molar-refractivity contribution in [3.05, 3.63) is 24.4 Å². The molecule has 0 spiro atoms. The molecule has 0 aromatic carbocycles. The number of hydrogen-bond donors (Lipinski definition) is 2. The van der Waals surface area contributed by atoms with Crippen LogP contribution in [0.2, 0.25) is 0 Å². The first-order valence-corrected chi connectivity index (χ1v) is 32.2. The lowest BCUT2D eigenvalue weighted by molar-refractivity contribution is -0.175. The first kappa shape index (κ1) is 75.6. The number of carbonyl (C=O) groups is 7.